The molecule has 0 aromatic rings. The molecule has 5 heteroatoms. The van der Waals surface area contributed by atoms with Crippen LogP contribution in [-0.4, -0.2) is 21.0 Å². The van der Waals surface area contributed by atoms with Crippen molar-refractivity contribution >= 4 is 40.4 Å². The monoisotopic (exact) mass is 229 g/mol. The van der Waals surface area contributed by atoms with Gasteiger partial charge in [0.15, 0.2) is 0 Å². The normalized spacial score (nSPS) is 30.8. The van der Waals surface area contributed by atoms with Gasteiger partial charge in [-0.3, -0.25) is 0 Å². The van der Waals surface area contributed by atoms with Gasteiger partial charge >= 0.3 is 5.97 Å². The molecular formula is C9H11NO2S2. The molecule has 3 nitrogen and oxygen atoms in total. The van der Waals surface area contributed by atoms with Crippen molar-refractivity contribution in [3.05, 3.63) is 0 Å². The van der Waals surface area contributed by atoms with Crippen LogP contribution < -0.4 is 0 Å². The second-order valence-electron chi connectivity index (χ2n) is 3.70. The topological polar surface area (TPSA) is 29.5 Å². The molecular weight excluding hydrogens is 218 g/mol. The first kappa shape index (κ1) is 9.98. The highest BCUT2D eigenvalue weighted by Crippen LogP contribution is 2.41. The second-order valence-corrected chi connectivity index (χ2v) is 4.53. The van der Waals surface area contributed by atoms with E-state index in [0.29, 0.717) is 21.8 Å². The molecule has 76 valence electrons. The van der Waals surface area contributed by atoms with E-state index in [1.165, 1.54) is 18.4 Å². The molecule has 1 aliphatic heterocycles. The third-order valence-corrected chi connectivity index (χ3v) is 3.71. The average molecular weight is 229 g/mol. The minimum Gasteiger partial charge on any atom is -0.335 e. The summed E-state index contributed by atoms with van der Waals surface area (Å²) >= 11 is 10.5. The SMILES string of the molecule is CC(=O)ON1C(=S)C2CCCC2C1=S. The highest BCUT2D eigenvalue weighted by atomic mass is 32.1. The van der Waals surface area contributed by atoms with Crippen molar-refractivity contribution in [2.45, 2.75) is 26.2 Å². The van der Waals surface area contributed by atoms with Crippen LogP contribution in [0.1, 0.15) is 26.2 Å². The molecule has 0 spiro atoms. The zero-order valence-corrected chi connectivity index (χ0v) is 9.49. The summed E-state index contributed by atoms with van der Waals surface area (Å²) < 4.78 is 0. The van der Waals surface area contributed by atoms with Gasteiger partial charge in [-0.05, 0) is 12.8 Å². The lowest BCUT2D eigenvalue weighted by Gasteiger charge is -2.17. The van der Waals surface area contributed by atoms with Crippen molar-refractivity contribution in [2.24, 2.45) is 11.8 Å². The number of nitrogens with zero attached hydrogens (tertiary/aromatic N) is 1. The first-order valence-corrected chi connectivity index (χ1v) is 5.49. The van der Waals surface area contributed by atoms with Crippen LogP contribution in [0.2, 0.25) is 0 Å². The number of carbonyl (C=O) groups excluding carboxylic acids is 1. The minimum atomic E-state index is -0.366. The maximum absolute atomic E-state index is 10.8. The van der Waals surface area contributed by atoms with Crippen LogP contribution in [0.3, 0.4) is 0 Å². The lowest BCUT2D eigenvalue weighted by Crippen LogP contribution is -2.31. The molecule has 2 unspecified atom stereocenters. The van der Waals surface area contributed by atoms with Crippen molar-refractivity contribution in [3.8, 4) is 0 Å². The number of hydrogen-bond donors (Lipinski definition) is 0. The van der Waals surface area contributed by atoms with Crippen molar-refractivity contribution in [1.29, 1.82) is 0 Å². The predicted molar refractivity (Wildman–Crippen MR) is 59.6 cm³/mol. The maximum Gasteiger partial charge on any atom is 0.329 e. The molecule has 2 atom stereocenters. The first-order chi connectivity index (χ1) is 6.61. The molecule has 2 fully saturated rings. The Labute approximate surface area is 93.4 Å². The van der Waals surface area contributed by atoms with Crippen molar-refractivity contribution < 1.29 is 9.63 Å². The average Bonchev–Trinajstić information content (AvgIpc) is 2.65. The molecule has 0 N–H and O–H groups in total. The molecule has 1 saturated heterocycles. The number of thiocarbonyl (C=S) groups is 2. The van der Waals surface area contributed by atoms with Gasteiger partial charge in [0, 0.05) is 18.8 Å². The molecule has 0 aromatic carbocycles. The van der Waals surface area contributed by atoms with Gasteiger partial charge in [-0.2, -0.15) is 5.06 Å². The van der Waals surface area contributed by atoms with E-state index in [-0.39, 0.29) is 5.97 Å². The summed E-state index contributed by atoms with van der Waals surface area (Å²) in [5.74, 6) is 0.295. The summed E-state index contributed by atoms with van der Waals surface area (Å²) in [7, 11) is 0. The molecule has 0 amide bonds. The highest BCUT2D eigenvalue weighted by molar-refractivity contribution is 7.82. The van der Waals surface area contributed by atoms with E-state index in [2.05, 4.69) is 0 Å². The van der Waals surface area contributed by atoms with Crippen molar-refractivity contribution in [2.75, 3.05) is 0 Å². The number of rotatable bonds is 1. The molecule has 1 heterocycles. The Hall–Kier alpha value is -0.550. The number of carbonyl (C=O) groups is 1. The predicted octanol–water partition coefficient (Wildman–Crippen LogP) is 1.85. The smallest absolute Gasteiger partial charge is 0.329 e. The zero-order valence-electron chi connectivity index (χ0n) is 7.86. The Bertz CT molecular complexity index is 294. The van der Waals surface area contributed by atoms with E-state index < -0.39 is 0 Å². The number of hydrogen-bond acceptors (Lipinski definition) is 4. The van der Waals surface area contributed by atoms with E-state index in [9.17, 15) is 4.79 Å². The molecule has 1 saturated carbocycles. The molecule has 14 heavy (non-hydrogen) atoms. The van der Waals surface area contributed by atoms with Crippen LogP contribution >= 0.6 is 24.4 Å². The standard InChI is InChI=1S/C9H11NO2S2/c1-5(11)12-10-8(13)6-3-2-4-7(6)9(10)14/h6-7H,2-4H2,1H3. The van der Waals surface area contributed by atoms with Gasteiger partial charge < -0.3 is 4.84 Å². The van der Waals surface area contributed by atoms with Crippen LogP contribution in [0.5, 0.6) is 0 Å². The molecule has 0 aromatic heterocycles. The van der Waals surface area contributed by atoms with Crippen LogP contribution in [0.15, 0.2) is 0 Å². The summed E-state index contributed by atoms with van der Waals surface area (Å²) in [4.78, 5) is 17.2. The van der Waals surface area contributed by atoms with Gasteiger partial charge in [-0.25, -0.2) is 4.79 Å². The third kappa shape index (κ3) is 1.44. The quantitative estimate of drug-likeness (QED) is 0.640. The lowest BCUT2D eigenvalue weighted by atomic mass is 10.0. The summed E-state index contributed by atoms with van der Waals surface area (Å²) in [6.45, 7) is 1.36. The van der Waals surface area contributed by atoms with Gasteiger partial charge in [0.1, 0.15) is 9.98 Å². The van der Waals surface area contributed by atoms with E-state index in [4.69, 9.17) is 29.3 Å². The fourth-order valence-corrected chi connectivity index (χ4v) is 3.07. The second kappa shape index (κ2) is 3.55. The Kier molecular flexibility index (Phi) is 2.53. The highest BCUT2D eigenvalue weighted by Gasteiger charge is 2.46. The van der Waals surface area contributed by atoms with Crippen molar-refractivity contribution in [3.63, 3.8) is 0 Å². The van der Waals surface area contributed by atoms with Gasteiger partial charge in [-0.15, -0.1) is 0 Å². The maximum atomic E-state index is 10.8. The van der Waals surface area contributed by atoms with Gasteiger partial charge in [0.2, 0.25) is 0 Å². The van der Waals surface area contributed by atoms with E-state index in [0.717, 1.165) is 12.8 Å². The van der Waals surface area contributed by atoms with Crippen LogP contribution in [0.25, 0.3) is 0 Å². The van der Waals surface area contributed by atoms with Crippen molar-refractivity contribution in [1.82, 2.24) is 5.06 Å². The Morgan fingerprint density at radius 1 is 1.36 bits per heavy atom. The van der Waals surface area contributed by atoms with Gasteiger partial charge in [0.05, 0.1) is 0 Å². The largest absolute Gasteiger partial charge is 0.335 e. The minimum absolute atomic E-state index is 0.330. The van der Waals surface area contributed by atoms with Crippen LogP contribution in [0, 0.1) is 11.8 Å². The fourth-order valence-electron chi connectivity index (χ4n) is 2.18. The Balaban J connectivity index is 2.17. The summed E-state index contributed by atoms with van der Waals surface area (Å²) in [5.41, 5.74) is 0. The van der Waals surface area contributed by atoms with Gasteiger partial charge in [0.25, 0.3) is 0 Å². The molecule has 2 rings (SSSR count). The third-order valence-electron chi connectivity index (χ3n) is 2.77. The summed E-state index contributed by atoms with van der Waals surface area (Å²) in [6.07, 6.45) is 3.31. The molecule has 1 aliphatic carbocycles. The Morgan fingerprint density at radius 3 is 2.29 bits per heavy atom. The lowest BCUT2D eigenvalue weighted by molar-refractivity contribution is -0.158. The molecule has 0 radical (unpaired) electrons. The number of hydroxylamine groups is 2. The van der Waals surface area contributed by atoms with E-state index >= 15 is 0 Å². The Morgan fingerprint density at radius 2 is 1.86 bits per heavy atom. The fraction of sp³-hybridized carbons (Fsp3) is 0.667. The van der Waals surface area contributed by atoms with Gasteiger partial charge in [-0.1, -0.05) is 30.9 Å². The van der Waals surface area contributed by atoms with E-state index in [1.54, 1.807) is 0 Å². The number of fused-ring (bicyclic) bond motifs is 1. The summed E-state index contributed by atoms with van der Waals surface area (Å²) in [5, 5.41) is 1.38. The first-order valence-electron chi connectivity index (χ1n) is 4.67. The van der Waals surface area contributed by atoms with E-state index in [1.807, 2.05) is 0 Å². The van der Waals surface area contributed by atoms with Crippen LogP contribution in [-0.2, 0) is 9.63 Å². The van der Waals surface area contributed by atoms with Crippen LogP contribution in [0.4, 0.5) is 0 Å². The molecule has 2 aliphatic rings. The zero-order chi connectivity index (χ0) is 10.3. The molecule has 0 bridgehead atoms. The summed E-state index contributed by atoms with van der Waals surface area (Å²) in [6, 6.07) is 0.